The third-order valence-electron chi connectivity index (χ3n) is 6.34. The Bertz CT molecular complexity index is 1300. The summed E-state index contributed by atoms with van der Waals surface area (Å²) in [7, 11) is 0. The van der Waals surface area contributed by atoms with E-state index in [1.54, 1.807) is 0 Å². The van der Waals surface area contributed by atoms with Crippen LogP contribution in [-0.2, 0) is 6.54 Å². The molecular formula is C31H30N2O. The van der Waals surface area contributed by atoms with E-state index in [1.165, 1.54) is 16.7 Å². The van der Waals surface area contributed by atoms with Gasteiger partial charge in [0.2, 0.25) is 0 Å². The van der Waals surface area contributed by atoms with E-state index in [0.29, 0.717) is 12.5 Å². The van der Waals surface area contributed by atoms with Crippen LogP contribution in [-0.4, -0.2) is 16.2 Å². The van der Waals surface area contributed by atoms with E-state index < -0.39 is 0 Å². The molecule has 170 valence electrons. The molecule has 0 unspecified atom stereocenters. The van der Waals surface area contributed by atoms with Gasteiger partial charge in [0.15, 0.2) is 0 Å². The third kappa shape index (κ3) is 4.60. The lowest BCUT2D eigenvalue weighted by atomic mass is 9.90. The quantitative estimate of drug-likeness (QED) is 0.248. The first-order chi connectivity index (χ1) is 16.7. The van der Waals surface area contributed by atoms with Crippen molar-refractivity contribution in [3.8, 4) is 5.75 Å². The van der Waals surface area contributed by atoms with E-state index in [-0.39, 0.29) is 5.92 Å². The number of ether oxygens (including phenoxy) is 1. The molecule has 0 aliphatic rings. The van der Waals surface area contributed by atoms with Crippen LogP contribution in [0.3, 0.4) is 0 Å². The Morgan fingerprint density at radius 2 is 1.26 bits per heavy atom. The minimum atomic E-state index is 0.0418. The number of rotatable bonds is 8. The van der Waals surface area contributed by atoms with Gasteiger partial charge in [0, 0.05) is 0 Å². The highest BCUT2D eigenvalue weighted by molar-refractivity contribution is 5.76. The molecule has 5 aromatic rings. The van der Waals surface area contributed by atoms with Crippen LogP contribution in [0.15, 0.2) is 109 Å². The normalized spacial score (nSPS) is 11.4. The molecule has 0 radical (unpaired) electrons. The van der Waals surface area contributed by atoms with Crippen molar-refractivity contribution in [2.75, 3.05) is 6.61 Å². The second-order valence-electron chi connectivity index (χ2n) is 8.94. The second-order valence-corrected chi connectivity index (χ2v) is 8.94. The lowest BCUT2D eigenvalue weighted by Crippen LogP contribution is -2.15. The zero-order chi connectivity index (χ0) is 23.3. The number of hydrogen-bond acceptors (Lipinski definition) is 2. The van der Waals surface area contributed by atoms with Gasteiger partial charge in [-0.25, -0.2) is 4.98 Å². The average molecular weight is 447 g/mol. The van der Waals surface area contributed by atoms with Crippen molar-refractivity contribution in [2.45, 2.75) is 32.2 Å². The van der Waals surface area contributed by atoms with Gasteiger partial charge in [-0.2, -0.15) is 0 Å². The summed E-state index contributed by atoms with van der Waals surface area (Å²) < 4.78 is 8.48. The fourth-order valence-electron chi connectivity index (χ4n) is 4.53. The summed E-state index contributed by atoms with van der Waals surface area (Å²) in [6.07, 6.45) is 0. The molecule has 0 saturated carbocycles. The summed E-state index contributed by atoms with van der Waals surface area (Å²) in [5, 5.41) is 0. The van der Waals surface area contributed by atoms with Gasteiger partial charge in [-0.05, 0) is 46.9 Å². The van der Waals surface area contributed by atoms with Crippen LogP contribution < -0.4 is 4.74 Å². The predicted molar refractivity (Wildman–Crippen MR) is 140 cm³/mol. The minimum Gasteiger partial charge on any atom is -0.492 e. The number of para-hydroxylation sites is 2. The van der Waals surface area contributed by atoms with Gasteiger partial charge in [0.05, 0.1) is 23.5 Å². The van der Waals surface area contributed by atoms with Crippen LogP contribution in [0.25, 0.3) is 11.0 Å². The van der Waals surface area contributed by atoms with E-state index in [2.05, 4.69) is 128 Å². The van der Waals surface area contributed by atoms with Crippen LogP contribution in [0, 0.1) is 0 Å². The molecule has 0 aliphatic carbocycles. The van der Waals surface area contributed by atoms with E-state index in [0.717, 1.165) is 29.2 Å². The maximum absolute atomic E-state index is 6.16. The number of fused-ring (bicyclic) bond motifs is 1. The molecule has 0 bridgehead atoms. The van der Waals surface area contributed by atoms with Crippen molar-refractivity contribution in [1.29, 1.82) is 0 Å². The molecule has 0 amide bonds. The van der Waals surface area contributed by atoms with Crippen molar-refractivity contribution in [3.05, 3.63) is 132 Å². The summed E-state index contributed by atoms with van der Waals surface area (Å²) >= 11 is 0. The molecule has 3 nitrogen and oxygen atoms in total. The zero-order valence-corrected chi connectivity index (χ0v) is 19.8. The van der Waals surface area contributed by atoms with Crippen LogP contribution >= 0.6 is 0 Å². The van der Waals surface area contributed by atoms with Gasteiger partial charge in [0.1, 0.15) is 18.2 Å². The number of aromatic nitrogens is 2. The molecule has 5 rings (SSSR count). The first-order valence-corrected chi connectivity index (χ1v) is 12.0. The van der Waals surface area contributed by atoms with E-state index in [4.69, 9.17) is 9.72 Å². The Labute approximate surface area is 201 Å². The van der Waals surface area contributed by atoms with Crippen molar-refractivity contribution in [2.24, 2.45) is 0 Å². The Hall–Kier alpha value is -3.85. The Morgan fingerprint density at radius 3 is 1.88 bits per heavy atom. The standard InChI is InChI=1S/C31H30N2O/c1-23(2)24-17-19-27(20-18-24)34-22-21-33-29-16-10-9-15-28(29)32-31(33)30(25-11-5-3-6-12-25)26-13-7-4-8-14-26/h3-20,23,30H,21-22H2,1-2H3. The molecule has 1 heterocycles. The highest BCUT2D eigenvalue weighted by Gasteiger charge is 2.23. The van der Waals surface area contributed by atoms with Crippen LogP contribution in [0.4, 0.5) is 0 Å². The van der Waals surface area contributed by atoms with Crippen LogP contribution in [0.1, 0.15) is 48.2 Å². The molecule has 0 N–H and O–H groups in total. The molecule has 4 aromatic carbocycles. The summed E-state index contributed by atoms with van der Waals surface area (Å²) in [6, 6.07) is 38.1. The van der Waals surface area contributed by atoms with Crippen molar-refractivity contribution >= 4 is 11.0 Å². The Morgan fingerprint density at radius 1 is 0.676 bits per heavy atom. The number of imidazole rings is 1. The fraction of sp³-hybridized carbons (Fsp3) is 0.194. The maximum atomic E-state index is 6.16. The van der Waals surface area contributed by atoms with Crippen molar-refractivity contribution in [1.82, 2.24) is 9.55 Å². The van der Waals surface area contributed by atoms with Gasteiger partial charge in [-0.3, -0.25) is 0 Å². The van der Waals surface area contributed by atoms with Gasteiger partial charge in [-0.1, -0.05) is 98.8 Å². The Kier molecular flexibility index (Phi) is 6.44. The van der Waals surface area contributed by atoms with Crippen molar-refractivity contribution in [3.63, 3.8) is 0 Å². The number of hydrogen-bond donors (Lipinski definition) is 0. The third-order valence-corrected chi connectivity index (χ3v) is 6.34. The zero-order valence-electron chi connectivity index (χ0n) is 19.8. The van der Waals surface area contributed by atoms with E-state index in [1.807, 2.05) is 0 Å². The molecule has 1 aromatic heterocycles. The summed E-state index contributed by atoms with van der Waals surface area (Å²) in [5.41, 5.74) is 5.93. The van der Waals surface area contributed by atoms with Crippen LogP contribution in [0.2, 0.25) is 0 Å². The summed E-state index contributed by atoms with van der Waals surface area (Å²) in [4.78, 5) is 5.13. The molecule has 0 aliphatic heterocycles. The molecule has 0 atom stereocenters. The topological polar surface area (TPSA) is 27.1 Å². The molecule has 34 heavy (non-hydrogen) atoms. The molecular weight excluding hydrogens is 416 g/mol. The lowest BCUT2D eigenvalue weighted by Gasteiger charge is -2.20. The molecule has 3 heteroatoms. The Balaban J connectivity index is 1.50. The van der Waals surface area contributed by atoms with E-state index in [9.17, 15) is 0 Å². The number of benzene rings is 4. The first kappa shape index (κ1) is 22.0. The SMILES string of the molecule is CC(C)c1ccc(OCCn2c(C(c3ccccc3)c3ccccc3)nc3ccccc32)cc1. The van der Waals surface area contributed by atoms with E-state index >= 15 is 0 Å². The largest absolute Gasteiger partial charge is 0.492 e. The average Bonchev–Trinajstić information content (AvgIpc) is 3.24. The lowest BCUT2D eigenvalue weighted by molar-refractivity contribution is 0.298. The fourth-order valence-corrected chi connectivity index (χ4v) is 4.53. The monoisotopic (exact) mass is 446 g/mol. The van der Waals surface area contributed by atoms with Gasteiger partial charge in [-0.15, -0.1) is 0 Å². The van der Waals surface area contributed by atoms with Gasteiger partial charge < -0.3 is 9.30 Å². The summed E-state index contributed by atoms with van der Waals surface area (Å²) in [5.74, 6) is 2.50. The highest BCUT2D eigenvalue weighted by atomic mass is 16.5. The highest BCUT2D eigenvalue weighted by Crippen LogP contribution is 2.33. The van der Waals surface area contributed by atoms with Crippen LogP contribution in [0.5, 0.6) is 5.75 Å². The minimum absolute atomic E-state index is 0.0418. The molecule has 0 fully saturated rings. The maximum Gasteiger partial charge on any atom is 0.122 e. The second kappa shape index (κ2) is 9.96. The number of nitrogens with zero attached hydrogens (tertiary/aromatic N) is 2. The van der Waals surface area contributed by atoms with Crippen molar-refractivity contribution < 1.29 is 4.74 Å². The molecule has 0 saturated heterocycles. The summed E-state index contributed by atoms with van der Waals surface area (Å²) in [6.45, 7) is 5.71. The predicted octanol–water partition coefficient (Wildman–Crippen LogP) is 7.42. The van der Waals surface area contributed by atoms with Gasteiger partial charge in [0.25, 0.3) is 0 Å². The van der Waals surface area contributed by atoms with Gasteiger partial charge >= 0.3 is 0 Å². The molecule has 0 spiro atoms. The first-order valence-electron chi connectivity index (χ1n) is 12.0. The smallest absolute Gasteiger partial charge is 0.122 e.